The molecule has 0 heterocycles. The van der Waals surface area contributed by atoms with Gasteiger partial charge >= 0.3 is 5.97 Å². The summed E-state index contributed by atoms with van der Waals surface area (Å²) >= 11 is 0. The molecule has 0 aromatic carbocycles. The van der Waals surface area contributed by atoms with E-state index in [1.165, 1.54) is 0 Å². The Morgan fingerprint density at radius 2 is 1.70 bits per heavy atom. The number of hydrogen-bond acceptors (Lipinski definition) is 3. The molecule has 0 saturated heterocycles. The molecule has 1 aliphatic rings. The van der Waals surface area contributed by atoms with Crippen molar-refractivity contribution < 1.29 is 19.5 Å². The quantitative estimate of drug-likeness (QED) is 0.671. The Morgan fingerprint density at radius 3 is 2.25 bits per heavy atom. The Bertz CT molecular complexity index is 368. The molecule has 0 aromatic rings. The summed E-state index contributed by atoms with van der Waals surface area (Å²) in [4.78, 5) is 34.6. The summed E-state index contributed by atoms with van der Waals surface area (Å²) in [7, 11) is 0. The van der Waals surface area contributed by atoms with Gasteiger partial charge in [-0.1, -0.05) is 26.7 Å². The number of carboxylic acid groups (broad SMARTS) is 1. The molecule has 0 unspecified atom stereocenters. The van der Waals surface area contributed by atoms with Crippen molar-refractivity contribution in [1.29, 1.82) is 0 Å². The van der Waals surface area contributed by atoms with Crippen LogP contribution in [0.15, 0.2) is 0 Å². The third-order valence-electron chi connectivity index (χ3n) is 3.55. The lowest BCUT2D eigenvalue weighted by molar-refractivity contribution is -0.149. The Kier molecular flexibility index (Phi) is 6.48. The second kappa shape index (κ2) is 7.87. The van der Waals surface area contributed by atoms with Crippen LogP contribution in [0.1, 0.15) is 39.5 Å². The van der Waals surface area contributed by atoms with E-state index in [1.54, 1.807) is 0 Å². The highest BCUT2D eigenvalue weighted by atomic mass is 16.4. The molecule has 0 spiro atoms. The van der Waals surface area contributed by atoms with Crippen molar-refractivity contribution in [2.45, 2.75) is 39.5 Å². The van der Waals surface area contributed by atoms with E-state index in [0.29, 0.717) is 25.3 Å². The zero-order valence-electron chi connectivity index (χ0n) is 12.1. The fourth-order valence-corrected chi connectivity index (χ4v) is 2.42. The maximum atomic E-state index is 12.0. The predicted octanol–water partition coefficient (Wildman–Crippen LogP) is 0.766. The van der Waals surface area contributed by atoms with Gasteiger partial charge in [0.2, 0.25) is 11.8 Å². The summed E-state index contributed by atoms with van der Waals surface area (Å²) in [5, 5.41) is 14.4. The smallest absolute Gasteiger partial charge is 0.307 e. The molecule has 6 nitrogen and oxygen atoms in total. The molecule has 6 heteroatoms. The van der Waals surface area contributed by atoms with Crippen molar-refractivity contribution in [3.63, 3.8) is 0 Å². The molecule has 114 valence electrons. The summed E-state index contributed by atoms with van der Waals surface area (Å²) in [6.45, 7) is 4.45. The number of aliphatic carboxylic acids is 1. The molecule has 1 fully saturated rings. The van der Waals surface area contributed by atoms with Gasteiger partial charge in [-0.2, -0.15) is 0 Å². The largest absolute Gasteiger partial charge is 0.481 e. The van der Waals surface area contributed by atoms with Crippen LogP contribution in [0.4, 0.5) is 0 Å². The predicted molar refractivity (Wildman–Crippen MR) is 73.9 cm³/mol. The van der Waals surface area contributed by atoms with E-state index < -0.39 is 17.8 Å². The molecule has 3 N–H and O–H groups in total. The number of carbonyl (C=O) groups is 3. The number of rotatable bonds is 6. The normalized spacial score (nSPS) is 22.4. The molecule has 0 aliphatic heterocycles. The first kappa shape index (κ1) is 16.5. The van der Waals surface area contributed by atoms with Crippen molar-refractivity contribution in [3.8, 4) is 0 Å². The lowest BCUT2D eigenvalue weighted by atomic mass is 9.79. The van der Waals surface area contributed by atoms with E-state index in [4.69, 9.17) is 5.11 Å². The first-order valence-electron chi connectivity index (χ1n) is 7.19. The molecule has 0 bridgehead atoms. The summed E-state index contributed by atoms with van der Waals surface area (Å²) in [6, 6.07) is 0. The zero-order chi connectivity index (χ0) is 15.1. The average Bonchev–Trinajstić information content (AvgIpc) is 2.42. The van der Waals surface area contributed by atoms with Gasteiger partial charge in [-0.15, -0.1) is 0 Å². The zero-order valence-corrected chi connectivity index (χ0v) is 12.1. The highest BCUT2D eigenvalue weighted by Gasteiger charge is 2.35. The van der Waals surface area contributed by atoms with Crippen molar-refractivity contribution in [2.24, 2.45) is 17.8 Å². The van der Waals surface area contributed by atoms with Crippen molar-refractivity contribution in [3.05, 3.63) is 0 Å². The molecule has 0 aromatic heterocycles. The van der Waals surface area contributed by atoms with Gasteiger partial charge in [0, 0.05) is 6.54 Å². The second-order valence-corrected chi connectivity index (χ2v) is 5.75. The summed E-state index contributed by atoms with van der Waals surface area (Å²) < 4.78 is 0. The fourth-order valence-electron chi connectivity index (χ4n) is 2.42. The molecule has 1 saturated carbocycles. The van der Waals surface area contributed by atoms with E-state index >= 15 is 0 Å². The molecule has 2 atom stereocenters. The molecule has 0 radical (unpaired) electrons. The van der Waals surface area contributed by atoms with Crippen LogP contribution >= 0.6 is 0 Å². The SMILES string of the molecule is CC(C)CNC(=O)CNC(=O)[C@@H]1CCCC[C@@H]1C(=O)O. The van der Waals surface area contributed by atoms with Gasteiger partial charge in [0.05, 0.1) is 18.4 Å². The summed E-state index contributed by atoms with van der Waals surface area (Å²) in [6.07, 6.45) is 2.82. The molecule has 2 amide bonds. The third kappa shape index (κ3) is 5.19. The van der Waals surface area contributed by atoms with E-state index in [1.807, 2.05) is 13.8 Å². The van der Waals surface area contributed by atoms with Crippen molar-refractivity contribution in [1.82, 2.24) is 10.6 Å². The Hall–Kier alpha value is -1.59. The topological polar surface area (TPSA) is 95.5 Å². The minimum absolute atomic E-state index is 0.0889. The molecular weight excluding hydrogens is 260 g/mol. The van der Waals surface area contributed by atoms with Crippen LogP contribution in [-0.4, -0.2) is 36.0 Å². The maximum Gasteiger partial charge on any atom is 0.307 e. The lowest BCUT2D eigenvalue weighted by Crippen LogP contribution is -2.44. The van der Waals surface area contributed by atoms with Gasteiger partial charge in [0.15, 0.2) is 0 Å². The number of amides is 2. The Morgan fingerprint density at radius 1 is 1.10 bits per heavy atom. The van der Waals surface area contributed by atoms with Gasteiger partial charge in [-0.3, -0.25) is 14.4 Å². The van der Waals surface area contributed by atoms with Crippen LogP contribution in [0, 0.1) is 17.8 Å². The van der Waals surface area contributed by atoms with Crippen LogP contribution in [0.3, 0.4) is 0 Å². The fraction of sp³-hybridized carbons (Fsp3) is 0.786. The molecular formula is C14H24N2O4. The van der Waals surface area contributed by atoms with Gasteiger partial charge in [-0.05, 0) is 18.8 Å². The lowest BCUT2D eigenvalue weighted by Gasteiger charge is -2.27. The van der Waals surface area contributed by atoms with Gasteiger partial charge in [0.25, 0.3) is 0 Å². The van der Waals surface area contributed by atoms with E-state index in [0.717, 1.165) is 12.8 Å². The first-order chi connectivity index (χ1) is 9.41. The van der Waals surface area contributed by atoms with Crippen LogP contribution in [0.25, 0.3) is 0 Å². The highest BCUT2D eigenvalue weighted by Crippen LogP contribution is 2.30. The van der Waals surface area contributed by atoms with Crippen molar-refractivity contribution >= 4 is 17.8 Å². The average molecular weight is 284 g/mol. The minimum atomic E-state index is -0.922. The summed E-state index contributed by atoms with van der Waals surface area (Å²) in [5.41, 5.74) is 0. The maximum absolute atomic E-state index is 12.0. The number of nitrogens with one attached hydrogen (secondary N) is 2. The Labute approximate surface area is 119 Å². The van der Waals surface area contributed by atoms with Gasteiger partial charge in [-0.25, -0.2) is 0 Å². The number of carboxylic acids is 1. The standard InChI is InChI=1S/C14H24N2O4/c1-9(2)7-15-12(17)8-16-13(18)10-5-3-4-6-11(10)14(19)20/h9-11H,3-8H2,1-2H3,(H,15,17)(H,16,18)(H,19,20)/t10-,11+/m1/s1. The van der Waals surface area contributed by atoms with E-state index in [9.17, 15) is 14.4 Å². The molecule has 1 aliphatic carbocycles. The van der Waals surface area contributed by atoms with E-state index in [2.05, 4.69) is 10.6 Å². The van der Waals surface area contributed by atoms with E-state index in [-0.39, 0.29) is 18.4 Å². The van der Waals surface area contributed by atoms with Crippen LogP contribution < -0.4 is 10.6 Å². The van der Waals surface area contributed by atoms with Crippen molar-refractivity contribution in [2.75, 3.05) is 13.1 Å². The molecule has 20 heavy (non-hydrogen) atoms. The first-order valence-corrected chi connectivity index (χ1v) is 7.19. The van der Waals surface area contributed by atoms with Gasteiger partial charge in [0.1, 0.15) is 0 Å². The minimum Gasteiger partial charge on any atom is -0.481 e. The summed E-state index contributed by atoms with van der Waals surface area (Å²) in [5.74, 6) is -2.27. The molecule has 1 rings (SSSR count). The highest BCUT2D eigenvalue weighted by molar-refractivity contribution is 5.88. The third-order valence-corrected chi connectivity index (χ3v) is 3.55. The van der Waals surface area contributed by atoms with Crippen LogP contribution in [0.2, 0.25) is 0 Å². The van der Waals surface area contributed by atoms with Gasteiger partial charge < -0.3 is 15.7 Å². The van der Waals surface area contributed by atoms with Crippen LogP contribution in [-0.2, 0) is 14.4 Å². The monoisotopic (exact) mass is 284 g/mol. The number of hydrogen-bond donors (Lipinski definition) is 3. The number of carbonyl (C=O) groups excluding carboxylic acids is 2. The second-order valence-electron chi connectivity index (χ2n) is 5.75. The Balaban J connectivity index is 2.40. The van der Waals surface area contributed by atoms with Crippen LogP contribution in [0.5, 0.6) is 0 Å².